The molecule has 2 aliphatic heterocycles. The van der Waals surface area contributed by atoms with Crippen molar-refractivity contribution in [1.82, 2.24) is 20.0 Å². The molecule has 1 fully saturated rings. The lowest BCUT2D eigenvalue weighted by molar-refractivity contribution is 0.0941. The third kappa shape index (κ3) is 3.85. The molecule has 0 bridgehead atoms. The molecule has 2 aromatic rings. The van der Waals surface area contributed by atoms with E-state index in [0.29, 0.717) is 12.2 Å². The topological polar surface area (TPSA) is 50.2 Å². The van der Waals surface area contributed by atoms with Crippen molar-refractivity contribution < 1.29 is 4.79 Å². The van der Waals surface area contributed by atoms with Crippen LogP contribution in [0.4, 0.5) is 0 Å². The van der Waals surface area contributed by atoms with Gasteiger partial charge in [0.2, 0.25) is 0 Å². The molecule has 1 amide bonds. The second kappa shape index (κ2) is 8.70. The average Bonchev–Trinajstić information content (AvgIpc) is 3.08. The van der Waals surface area contributed by atoms with Gasteiger partial charge < -0.3 is 10.2 Å². The fourth-order valence-electron chi connectivity index (χ4n) is 4.55. The van der Waals surface area contributed by atoms with E-state index in [0.717, 1.165) is 36.0 Å². The Kier molecular flexibility index (Phi) is 6.07. The van der Waals surface area contributed by atoms with Crippen LogP contribution in [0.5, 0.6) is 0 Å². The molecule has 1 unspecified atom stereocenters. The molecule has 150 valence electrons. The number of fused-ring (bicyclic) bond motifs is 3. The Morgan fingerprint density at radius 1 is 1.32 bits per heavy atom. The van der Waals surface area contributed by atoms with Crippen LogP contribution in [0.25, 0.3) is 11.3 Å². The zero-order valence-electron chi connectivity index (χ0n) is 16.9. The largest absolute Gasteiger partial charge is 0.351 e. The maximum absolute atomic E-state index is 12.8. The lowest BCUT2D eigenvalue weighted by Crippen LogP contribution is -2.40. The highest BCUT2D eigenvalue weighted by molar-refractivity contribution is 7.98. The minimum Gasteiger partial charge on any atom is -0.351 e. The van der Waals surface area contributed by atoms with Crippen molar-refractivity contribution in [2.24, 2.45) is 7.05 Å². The van der Waals surface area contributed by atoms with Crippen molar-refractivity contribution in [3.05, 3.63) is 35.5 Å². The summed E-state index contributed by atoms with van der Waals surface area (Å²) in [6.45, 7) is 5.27. The fourth-order valence-corrected chi connectivity index (χ4v) is 5.61. The number of carbonyl (C=O) groups is 1. The van der Waals surface area contributed by atoms with Gasteiger partial charge in [-0.15, -0.1) is 11.8 Å². The van der Waals surface area contributed by atoms with E-state index in [1.54, 1.807) is 11.8 Å². The molecule has 2 aliphatic rings. The summed E-state index contributed by atoms with van der Waals surface area (Å²) in [7, 11) is 1.93. The van der Waals surface area contributed by atoms with Crippen molar-refractivity contribution >= 4 is 17.7 Å². The molecule has 1 saturated heterocycles. The molecule has 1 N–H and O–H groups in total. The second-order valence-corrected chi connectivity index (χ2v) is 8.80. The summed E-state index contributed by atoms with van der Waals surface area (Å²) in [4.78, 5) is 16.7. The van der Waals surface area contributed by atoms with Crippen molar-refractivity contribution in [3.63, 3.8) is 0 Å². The number of hydrogen-bond acceptors (Lipinski definition) is 4. The summed E-state index contributed by atoms with van der Waals surface area (Å²) >= 11 is 1.79. The number of rotatable bonds is 6. The van der Waals surface area contributed by atoms with Gasteiger partial charge in [-0.25, -0.2) is 0 Å². The van der Waals surface area contributed by atoms with Crippen LogP contribution in [0.3, 0.4) is 0 Å². The van der Waals surface area contributed by atoms with Gasteiger partial charge in [0.15, 0.2) is 5.69 Å². The molecule has 1 aromatic heterocycles. The molecule has 0 spiro atoms. The van der Waals surface area contributed by atoms with Crippen LogP contribution in [-0.4, -0.2) is 46.3 Å². The van der Waals surface area contributed by atoms with Crippen molar-refractivity contribution in [2.45, 2.75) is 55.7 Å². The molecule has 0 aliphatic carbocycles. The highest BCUT2D eigenvalue weighted by atomic mass is 32.2. The van der Waals surface area contributed by atoms with Crippen LogP contribution in [0.2, 0.25) is 0 Å². The van der Waals surface area contributed by atoms with Gasteiger partial charge in [-0.1, -0.05) is 31.5 Å². The molecule has 0 saturated carbocycles. The molecule has 5 nitrogen and oxygen atoms in total. The summed E-state index contributed by atoms with van der Waals surface area (Å²) in [5.74, 6) is 0.761. The third-order valence-electron chi connectivity index (χ3n) is 6.00. The summed E-state index contributed by atoms with van der Waals surface area (Å²) in [6, 6.07) is 9.09. The minimum absolute atomic E-state index is 0.0393. The first-order valence-electron chi connectivity index (χ1n) is 10.5. The predicted octanol–water partition coefficient (Wildman–Crippen LogP) is 4.08. The number of aryl methyl sites for hydroxylation is 1. The Hall–Kier alpha value is -1.79. The number of carbonyl (C=O) groups excluding carboxylic acids is 1. The number of thioether (sulfide) groups is 1. The van der Waals surface area contributed by atoms with Crippen molar-refractivity contribution in [3.8, 4) is 11.3 Å². The molecule has 4 rings (SSSR count). The van der Waals surface area contributed by atoms with E-state index in [1.165, 1.54) is 42.7 Å². The average molecular weight is 399 g/mol. The van der Waals surface area contributed by atoms with Crippen LogP contribution in [-0.2, 0) is 12.8 Å². The number of benzene rings is 1. The van der Waals surface area contributed by atoms with Gasteiger partial charge in [0, 0.05) is 48.0 Å². The quantitative estimate of drug-likeness (QED) is 0.745. The summed E-state index contributed by atoms with van der Waals surface area (Å²) in [6.07, 6.45) is 6.21. The third-order valence-corrected chi connectivity index (χ3v) is 7.10. The maximum atomic E-state index is 12.8. The Bertz CT molecular complexity index is 847. The Labute approximate surface area is 171 Å². The summed E-state index contributed by atoms with van der Waals surface area (Å²) in [5.41, 5.74) is 3.91. The van der Waals surface area contributed by atoms with E-state index in [1.807, 2.05) is 17.8 Å². The molecule has 6 heteroatoms. The first kappa shape index (κ1) is 19.5. The van der Waals surface area contributed by atoms with Crippen LogP contribution in [0, 0.1) is 0 Å². The van der Waals surface area contributed by atoms with Gasteiger partial charge in [0.25, 0.3) is 5.91 Å². The molecular formula is C22H30N4OS. The number of hydrogen-bond donors (Lipinski definition) is 1. The number of nitrogens with one attached hydrogen (secondary N) is 1. The van der Waals surface area contributed by atoms with Gasteiger partial charge in [-0.2, -0.15) is 5.10 Å². The second-order valence-electron chi connectivity index (χ2n) is 7.79. The van der Waals surface area contributed by atoms with E-state index in [9.17, 15) is 4.79 Å². The maximum Gasteiger partial charge on any atom is 0.272 e. The normalized spacial score (nSPS) is 19.1. The molecule has 1 aromatic carbocycles. The van der Waals surface area contributed by atoms with Gasteiger partial charge in [-0.3, -0.25) is 9.48 Å². The van der Waals surface area contributed by atoms with Crippen LogP contribution < -0.4 is 5.32 Å². The van der Waals surface area contributed by atoms with E-state index in [4.69, 9.17) is 0 Å². The molecule has 1 atom stereocenters. The lowest BCUT2D eigenvalue weighted by atomic mass is 10.00. The Morgan fingerprint density at radius 3 is 3.04 bits per heavy atom. The van der Waals surface area contributed by atoms with E-state index in [-0.39, 0.29) is 5.91 Å². The number of likely N-dealkylation sites (tertiary alicyclic amines) is 1. The van der Waals surface area contributed by atoms with Crippen LogP contribution >= 0.6 is 11.8 Å². The van der Waals surface area contributed by atoms with E-state index >= 15 is 0 Å². The molecule has 28 heavy (non-hydrogen) atoms. The lowest BCUT2D eigenvalue weighted by Gasteiger charge is -2.35. The number of aromatic nitrogens is 2. The molecule has 0 radical (unpaired) electrons. The number of nitrogens with zero attached hydrogens (tertiary/aromatic N) is 3. The Balaban J connectivity index is 1.38. The SMILES string of the molecule is CCC1CCCCN1CCCNC(=O)c1nn(C)c2c1CSc1ccccc1-2. The van der Waals surface area contributed by atoms with E-state index < -0.39 is 0 Å². The first-order chi connectivity index (χ1) is 13.7. The van der Waals surface area contributed by atoms with Crippen molar-refractivity contribution in [1.29, 1.82) is 0 Å². The summed E-state index contributed by atoms with van der Waals surface area (Å²) in [5, 5.41) is 7.67. The zero-order chi connectivity index (χ0) is 19.5. The number of piperidine rings is 1. The molecule has 3 heterocycles. The monoisotopic (exact) mass is 398 g/mol. The highest BCUT2D eigenvalue weighted by Gasteiger charge is 2.27. The standard InChI is InChI=1S/C22H30N4OS/c1-3-16-9-6-7-13-26(16)14-8-12-23-22(27)20-18-15-28-19-11-5-4-10-17(19)21(18)25(2)24-20/h4-5,10-11,16H,3,6-9,12-15H2,1-2H3,(H,23,27). The fraction of sp³-hybridized carbons (Fsp3) is 0.545. The molecular weight excluding hydrogens is 368 g/mol. The van der Waals surface area contributed by atoms with Crippen LogP contribution in [0.15, 0.2) is 29.2 Å². The van der Waals surface area contributed by atoms with Gasteiger partial charge in [-0.05, 0) is 38.3 Å². The summed E-state index contributed by atoms with van der Waals surface area (Å²) < 4.78 is 1.86. The van der Waals surface area contributed by atoms with Crippen LogP contribution in [0.1, 0.15) is 55.1 Å². The van der Waals surface area contributed by atoms with Gasteiger partial charge in [0.1, 0.15) is 0 Å². The van der Waals surface area contributed by atoms with Gasteiger partial charge in [0.05, 0.1) is 5.69 Å². The smallest absolute Gasteiger partial charge is 0.272 e. The van der Waals surface area contributed by atoms with E-state index in [2.05, 4.69) is 40.4 Å². The predicted molar refractivity (Wildman–Crippen MR) is 115 cm³/mol. The minimum atomic E-state index is -0.0393. The van der Waals surface area contributed by atoms with Crippen molar-refractivity contribution in [2.75, 3.05) is 19.6 Å². The highest BCUT2D eigenvalue weighted by Crippen LogP contribution is 2.42. The zero-order valence-corrected chi connectivity index (χ0v) is 17.7. The first-order valence-corrected chi connectivity index (χ1v) is 11.5. The Morgan fingerprint density at radius 2 is 2.18 bits per heavy atom. The number of amides is 1. The van der Waals surface area contributed by atoms with Gasteiger partial charge >= 0.3 is 0 Å².